The van der Waals surface area contributed by atoms with Crippen molar-refractivity contribution in [2.45, 2.75) is 49.6 Å². The number of benzene rings is 1. The minimum absolute atomic E-state index is 0.0360. The fraction of sp³-hybridized carbons (Fsp3) is 0.600. The molecule has 2 aliphatic rings. The van der Waals surface area contributed by atoms with E-state index in [1.165, 1.54) is 0 Å². The molecule has 3 rings (SSSR count). The molecule has 0 saturated carbocycles. The van der Waals surface area contributed by atoms with Crippen LogP contribution in [0.5, 0.6) is 0 Å². The number of hydrogen-bond acceptors (Lipinski definition) is 4. The molecule has 6 heteroatoms. The SMILES string of the molecule is CC1CC(NS(=O)(=O)c2cccc3c2CCCN3)CCO1. The van der Waals surface area contributed by atoms with Crippen LogP contribution in [-0.4, -0.2) is 33.7 Å². The van der Waals surface area contributed by atoms with Crippen LogP contribution < -0.4 is 10.0 Å². The molecule has 0 radical (unpaired) electrons. The highest BCUT2D eigenvalue weighted by atomic mass is 32.2. The summed E-state index contributed by atoms with van der Waals surface area (Å²) in [4.78, 5) is 0.423. The third-order valence-electron chi connectivity index (χ3n) is 4.15. The highest BCUT2D eigenvalue weighted by Gasteiger charge is 2.27. The monoisotopic (exact) mass is 310 g/mol. The Bertz CT molecular complexity index is 615. The molecule has 1 aromatic rings. The first-order valence-electron chi connectivity index (χ1n) is 7.56. The second-order valence-electron chi connectivity index (χ2n) is 5.84. The van der Waals surface area contributed by atoms with Crippen molar-refractivity contribution in [2.75, 3.05) is 18.5 Å². The van der Waals surface area contributed by atoms with Gasteiger partial charge in [0.2, 0.25) is 10.0 Å². The minimum Gasteiger partial charge on any atom is -0.385 e. The average molecular weight is 310 g/mol. The number of sulfonamides is 1. The van der Waals surface area contributed by atoms with Crippen LogP contribution in [0, 0.1) is 0 Å². The number of anilines is 1. The van der Waals surface area contributed by atoms with Gasteiger partial charge in [-0.25, -0.2) is 13.1 Å². The van der Waals surface area contributed by atoms with Gasteiger partial charge < -0.3 is 10.1 Å². The zero-order valence-electron chi connectivity index (χ0n) is 12.3. The molecule has 5 nitrogen and oxygen atoms in total. The molecule has 0 spiro atoms. The van der Waals surface area contributed by atoms with Crippen LogP contribution in [0.25, 0.3) is 0 Å². The summed E-state index contributed by atoms with van der Waals surface area (Å²) in [5.41, 5.74) is 1.86. The van der Waals surface area contributed by atoms with Crippen LogP contribution in [0.2, 0.25) is 0 Å². The molecule has 116 valence electrons. The Morgan fingerprint density at radius 1 is 1.38 bits per heavy atom. The number of fused-ring (bicyclic) bond motifs is 1. The summed E-state index contributed by atoms with van der Waals surface area (Å²) < 4.78 is 33.7. The summed E-state index contributed by atoms with van der Waals surface area (Å²) >= 11 is 0. The topological polar surface area (TPSA) is 67.4 Å². The second kappa shape index (κ2) is 5.94. The molecule has 1 aromatic carbocycles. The molecule has 1 saturated heterocycles. The third-order valence-corrected chi connectivity index (χ3v) is 5.75. The molecule has 21 heavy (non-hydrogen) atoms. The van der Waals surface area contributed by atoms with E-state index in [-0.39, 0.29) is 12.1 Å². The molecule has 2 unspecified atom stereocenters. The van der Waals surface area contributed by atoms with E-state index >= 15 is 0 Å². The van der Waals surface area contributed by atoms with E-state index in [2.05, 4.69) is 10.0 Å². The smallest absolute Gasteiger partial charge is 0.241 e. The van der Waals surface area contributed by atoms with Crippen molar-refractivity contribution >= 4 is 15.7 Å². The van der Waals surface area contributed by atoms with E-state index < -0.39 is 10.0 Å². The predicted octanol–water partition coefficient (Wildman–Crippen LogP) is 1.89. The van der Waals surface area contributed by atoms with Gasteiger partial charge in [-0.1, -0.05) is 6.07 Å². The lowest BCUT2D eigenvalue weighted by molar-refractivity contribution is 0.0173. The average Bonchev–Trinajstić information content (AvgIpc) is 2.46. The van der Waals surface area contributed by atoms with Gasteiger partial charge in [0.1, 0.15) is 0 Å². The van der Waals surface area contributed by atoms with Gasteiger partial charge in [-0.15, -0.1) is 0 Å². The van der Waals surface area contributed by atoms with Crippen molar-refractivity contribution in [3.63, 3.8) is 0 Å². The third kappa shape index (κ3) is 3.22. The van der Waals surface area contributed by atoms with Crippen molar-refractivity contribution in [1.82, 2.24) is 4.72 Å². The Balaban J connectivity index is 1.85. The number of hydrogen-bond donors (Lipinski definition) is 2. The maximum absolute atomic E-state index is 12.7. The van der Waals surface area contributed by atoms with E-state index in [4.69, 9.17) is 4.74 Å². The lowest BCUT2D eigenvalue weighted by atomic mass is 10.0. The van der Waals surface area contributed by atoms with Gasteiger partial charge in [0, 0.05) is 24.9 Å². The summed E-state index contributed by atoms with van der Waals surface area (Å²) in [7, 11) is -3.47. The summed E-state index contributed by atoms with van der Waals surface area (Å²) in [6, 6.07) is 5.42. The molecule has 2 N–H and O–H groups in total. The van der Waals surface area contributed by atoms with Crippen LogP contribution in [0.1, 0.15) is 31.7 Å². The van der Waals surface area contributed by atoms with E-state index in [9.17, 15) is 8.42 Å². The first kappa shape index (κ1) is 14.8. The Kier molecular flexibility index (Phi) is 4.19. The molecule has 1 fully saturated rings. The van der Waals surface area contributed by atoms with E-state index in [0.29, 0.717) is 11.5 Å². The normalized spacial score (nSPS) is 26.0. The summed E-state index contributed by atoms with van der Waals surface area (Å²) in [5.74, 6) is 0. The highest BCUT2D eigenvalue weighted by molar-refractivity contribution is 7.89. The fourth-order valence-corrected chi connectivity index (χ4v) is 4.69. The van der Waals surface area contributed by atoms with Gasteiger partial charge >= 0.3 is 0 Å². The predicted molar refractivity (Wildman–Crippen MR) is 82.0 cm³/mol. The summed E-state index contributed by atoms with van der Waals surface area (Å²) in [6.45, 7) is 3.50. The molecule has 0 aromatic heterocycles. The maximum Gasteiger partial charge on any atom is 0.241 e. The highest BCUT2D eigenvalue weighted by Crippen LogP contribution is 2.29. The maximum atomic E-state index is 12.7. The molecule has 0 aliphatic carbocycles. The van der Waals surface area contributed by atoms with Crippen LogP contribution in [0.15, 0.2) is 23.1 Å². The van der Waals surface area contributed by atoms with Crippen LogP contribution in [-0.2, 0) is 21.2 Å². The number of nitrogens with one attached hydrogen (secondary N) is 2. The van der Waals surface area contributed by atoms with Gasteiger partial charge in [-0.3, -0.25) is 0 Å². The Morgan fingerprint density at radius 3 is 3.05 bits per heavy atom. The minimum atomic E-state index is -3.47. The number of ether oxygens (including phenoxy) is 1. The van der Waals surface area contributed by atoms with Crippen molar-refractivity contribution in [2.24, 2.45) is 0 Å². The molecule has 2 heterocycles. The zero-order valence-corrected chi connectivity index (χ0v) is 13.1. The summed E-state index contributed by atoms with van der Waals surface area (Å²) in [5, 5.41) is 3.27. The molecule has 2 aliphatic heterocycles. The number of rotatable bonds is 3. The van der Waals surface area contributed by atoms with Crippen LogP contribution in [0.3, 0.4) is 0 Å². The van der Waals surface area contributed by atoms with Crippen LogP contribution in [0.4, 0.5) is 5.69 Å². The van der Waals surface area contributed by atoms with Gasteiger partial charge in [0.05, 0.1) is 11.0 Å². The molecular weight excluding hydrogens is 288 g/mol. The quantitative estimate of drug-likeness (QED) is 0.894. The van der Waals surface area contributed by atoms with Crippen molar-refractivity contribution in [1.29, 1.82) is 0 Å². The van der Waals surface area contributed by atoms with Gasteiger partial charge in [0.15, 0.2) is 0 Å². The zero-order chi connectivity index (χ0) is 14.9. The Labute approximate surface area is 126 Å². The van der Waals surface area contributed by atoms with E-state index in [0.717, 1.165) is 43.5 Å². The largest absolute Gasteiger partial charge is 0.385 e. The Morgan fingerprint density at radius 2 is 2.24 bits per heavy atom. The Hall–Kier alpha value is -1.11. The lowest BCUT2D eigenvalue weighted by Gasteiger charge is -2.28. The molecule has 2 atom stereocenters. The van der Waals surface area contributed by atoms with E-state index in [1.807, 2.05) is 13.0 Å². The molecule has 0 amide bonds. The summed E-state index contributed by atoms with van der Waals surface area (Å²) in [6.07, 6.45) is 3.35. The standard InChI is InChI=1S/C15H22N2O3S/c1-11-10-12(7-9-20-11)17-21(18,19)15-6-2-5-14-13(15)4-3-8-16-14/h2,5-6,11-12,16-17H,3-4,7-10H2,1H3. The molecule has 0 bridgehead atoms. The molecular formula is C15H22N2O3S. The second-order valence-corrected chi connectivity index (χ2v) is 7.52. The van der Waals surface area contributed by atoms with Crippen molar-refractivity contribution in [3.05, 3.63) is 23.8 Å². The van der Waals surface area contributed by atoms with Crippen LogP contribution >= 0.6 is 0 Å². The first-order valence-corrected chi connectivity index (χ1v) is 9.04. The van der Waals surface area contributed by atoms with Gasteiger partial charge in [-0.2, -0.15) is 0 Å². The van der Waals surface area contributed by atoms with Gasteiger partial charge in [-0.05, 0) is 50.3 Å². The lowest BCUT2D eigenvalue weighted by Crippen LogP contribution is -2.41. The van der Waals surface area contributed by atoms with Crippen molar-refractivity contribution in [3.8, 4) is 0 Å². The fourth-order valence-electron chi connectivity index (χ4n) is 3.12. The van der Waals surface area contributed by atoms with Crippen molar-refractivity contribution < 1.29 is 13.2 Å². The van der Waals surface area contributed by atoms with Gasteiger partial charge in [0.25, 0.3) is 0 Å². The first-order chi connectivity index (χ1) is 10.1. The van der Waals surface area contributed by atoms with E-state index in [1.54, 1.807) is 12.1 Å².